The van der Waals surface area contributed by atoms with E-state index in [0.29, 0.717) is 30.5 Å². The monoisotopic (exact) mass is 672 g/mol. The molecule has 0 bridgehead atoms. The van der Waals surface area contributed by atoms with Crippen LogP contribution in [-0.2, 0) is 41.7 Å². The van der Waals surface area contributed by atoms with Crippen molar-refractivity contribution in [2.24, 2.45) is 11.8 Å². The summed E-state index contributed by atoms with van der Waals surface area (Å²) in [5, 5.41) is 2.95. The molecule has 2 fully saturated rings. The van der Waals surface area contributed by atoms with E-state index in [0.717, 1.165) is 0 Å². The third-order valence-electron chi connectivity index (χ3n) is 9.17. The van der Waals surface area contributed by atoms with Gasteiger partial charge in [-0.25, -0.2) is 4.79 Å². The number of amides is 2. The number of nitrogens with one attached hydrogen (secondary N) is 1. The lowest BCUT2D eigenvalue weighted by Crippen LogP contribution is -2.65. The van der Waals surface area contributed by atoms with Crippen LogP contribution in [-0.4, -0.2) is 48.4 Å². The minimum Gasteiger partial charge on any atom is -0.428 e. The van der Waals surface area contributed by atoms with Crippen LogP contribution in [0.3, 0.4) is 0 Å². The lowest BCUT2D eigenvalue weighted by Gasteiger charge is -2.52. The fourth-order valence-corrected chi connectivity index (χ4v) is 5.91. The number of hydrogen-bond acceptors (Lipinski definition) is 6. The van der Waals surface area contributed by atoms with Crippen LogP contribution >= 0.6 is 0 Å². The number of carbonyl (C=O) groups excluding carboxylic acids is 3. The summed E-state index contributed by atoms with van der Waals surface area (Å²) in [5.74, 6) is -1.26. The SMILES string of the molecule is CC(C)[C@H](C)C(=O)OCOC(=O)N1C[C@@]2(CCC(=O)N2)CC[C@@]1(CO[C@H](C)c1cc(C(F)(F)F)cc(C(F)(F)F)c1)c1ccccc1. The van der Waals surface area contributed by atoms with Gasteiger partial charge in [-0.15, -0.1) is 0 Å². The Morgan fingerprint density at radius 3 is 2.04 bits per heavy atom. The highest BCUT2D eigenvalue weighted by Gasteiger charge is 2.54. The smallest absolute Gasteiger partial charge is 0.416 e. The Hall–Kier alpha value is -3.81. The highest BCUT2D eigenvalue weighted by molar-refractivity contribution is 5.80. The van der Waals surface area contributed by atoms with E-state index >= 15 is 0 Å². The van der Waals surface area contributed by atoms with Crippen molar-refractivity contribution in [3.8, 4) is 0 Å². The second kappa shape index (κ2) is 13.7. The molecule has 2 heterocycles. The van der Waals surface area contributed by atoms with Gasteiger partial charge in [-0.1, -0.05) is 51.1 Å². The minimum absolute atomic E-state index is 0.0277. The predicted molar refractivity (Wildman–Crippen MR) is 156 cm³/mol. The molecule has 0 unspecified atom stereocenters. The first-order valence-electron chi connectivity index (χ1n) is 15.3. The summed E-state index contributed by atoms with van der Waals surface area (Å²) >= 11 is 0. The lowest BCUT2D eigenvalue weighted by atomic mass is 9.74. The Labute approximate surface area is 268 Å². The number of nitrogens with zero attached hydrogens (tertiary/aromatic N) is 1. The van der Waals surface area contributed by atoms with Crippen LogP contribution in [0.5, 0.6) is 0 Å². The van der Waals surface area contributed by atoms with Crippen LogP contribution in [0.25, 0.3) is 0 Å². The fourth-order valence-electron chi connectivity index (χ4n) is 5.91. The Morgan fingerprint density at radius 1 is 0.894 bits per heavy atom. The molecule has 1 N–H and O–H groups in total. The van der Waals surface area contributed by atoms with E-state index in [2.05, 4.69) is 5.32 Å². The van der Waals surface area contributed by atoms with E-state index in [1.54, 1.807) is 37.3 Å². The van der Waals surface area contributed by atoms with E-state index in [-0.39, 0.29) is 49.4 Å². The zero-order chi connectivity index (χ0) is 34.8. The fraction of sp³-hybridized carbons (Fsp3) is 0.545. The van der Waals surface area contributed by atoms with Gasteiger partial charge in [0, 0.05) is 13.0 Å². The van der Waals surface area contributed by atoms with Gasteiger partial charge in [-0.3, -0.25) is 14.5 Å². The molecule has 2 aliphatic heterocycles. The van der Waals surface area contributed by atoms with Gasteiger partial charge in [-0.2, -0.15) is 26.3 Å². The Kier molecular flexibility index (Phi) is 10.5. The Balaban J connectivity index is 1.68. The van der Waals surface area contributed by atoms with Crippen LogP contribution in [0.2, 0.25) is 0 Å². The average molecular weight is 673 g/mol. The number of carbonyl (C=O) groups is 3. The van der Waals surface area contributed by atoms with Crippen LogP contribution in [0.15, 0.2) is 48.5 Å². The second-order valence-electron chi connectivity index (χ2n) is 12.6. The lowest BCUT2D eigenvalue weighted by molar-refractivity contribution is -0.160. The number of piperidine rings is 1. The van der Waals surface area contributed by atoms with Crippen LogP contribution in [0, 0.1) is 11.8 Å². The number of alkyl halides is 6. The molecule has 258 valence electrons. The van der Waals surface area contributed by atoms with Crippen molar-refractivity contribution in [2.45, 2.75) is 82.9 Å². The van der Waals surface area contributed by atoms with Gasteiger partial charge in [0.1, 0.15) is 0 Å². The molecule has 4 rings (SSSR count). The Morgan fingerprint density at radius 2 is 1.51 bits per heavy atom. The average Bonchev–Trinajstić information content (AvgIpc) is 3.38. The van der Waals surface area contributed by atoms with Crippen LogP contribution in [0.1, 0.15) is 81.7 Å². The van der Waals surface area contributed by atoms with Crippen molar-refractivity contribution in [2.75, 3.05) is 19.9 Å². The second-order valence-corrected chi connectivity index (χ2v) is 12.6. The van der Waals surface area contributed by atoms with Gasteiger partial charge < -0.3 is 19.5 Å². The molecule has 8 nitrogen and oxygen atoms in total. The summed E-state index contributed by atoms with van der Waals surface area (Å²) in [6, 6.07) is 9.86. The number of hydrogen-bond donors (Lipinski definition) is 1. The summed E-state index contributed by atoms with van der Waals surface area (Å²) in [6.45, 7) is 5.58. The van der Waals surface area contributed by atoms with Crippen LogP contribution in [0.4, 0.5) is 31.1 Å². The normalized spacial score (nSPS) is 23.0. The molecule has 2 aromatic rings. The topological polar surface area (TPSA) is 94.2 Å². The molecule has 0 radical (unpaired) electrons. The largest absolute Gasteiger partial charge is 0.428 e. The van der Waals surface area contributed by atoms with E-state index < -0.39 is 65.4 Å². The summed E-state index contributed by atoms with van der Waals surface area (Å²) in [6.07, 6.45) is -11.0. The van der Waals surface area contributed by atoms with Gasteiger partial charge in [0.15, 0.2) is 0 Å². The maximum Gasteiger partial charge on any atom is 0.416 e. The number of esters is 1. The van der Waals surface area contributed by atoms with Crippen molar-refractivity contribution in [1.82, 2.24) is 10.2 Å². The molecule has 14 heteroatoms. The highest BCUT2D eigenvalue weighted by atomic mass is 19.4. The zero-order valence-corrected chi connectivity index (χ0v) is 26.5. The van der Waals surface area contributed by atoms with E-state index in [9.17, 15) is 40.7 Å². The van der Waals surface area contributed by atoms with Crippen molar-refractivity contribution in [3.63, 3.8) is 0 Å². The molecule has 47 heavy (non-hydrogen) atoms. The van der Waals surface area contributed by atoms with E-state index in [4.69, 9.17) is 14.2 Å². The maximum atomic E-state index is 13.8. The van der Waals surface area contributed by atoms with E-state index in [1.165, 1.54) is 11.8 Å². The first-order chi connectivity index (χ1) is 21.9. The quantitative estimate of drug-likeness (QED) is 0.170. The summed E-state index contributed by atoms with van der Waals surface area (Å²) < 4.78 is 98.1. The summed E-state index contributed by atoms with van der Waals surface area (Å²) in [4.78, 5) is 39.8. The third-order valence-corrected chi connectivity index (χ3v) is 9.17. The van der Waals surface area contributed by atoms with Crippen molar-refractivity contribution < 1.29 is 54.9 Å². The zero-order valence-electron chi connectivity index (χ0n) is 26.5. The molecule has 0 aromatic heterocycles. The molecule has 2 aromatic carbocycles. The maximum absolute atomic E-state index is 13.8. The van der Waals surface area contributed by atoms with Gasteiger partial charge in [-0.05, 0) is 61.4 Å². The van der Waals surface area contributed by atoms with Gasteiger partial charge in [0.2, 0.25) is 12.7 Å². The Bertz CT molecular complexity index is 1420. The van der Waals surface area contributed by atoms with Crippen LogP contribution < -0.4 is 5.32 Å². The van der Waals surface area contributed by atoms with Crippen molar-refractivity contribution in [1.29, 1.82) is 0 Å². The minimum atomic E-state index is -5.04. The van der Waals surface area contributed by atoms with Crippen molar-refractivity contribution in [3.05, 3.63) is 70.8 Å². The number of ether oxygens (including phenoxy) is 3. The van der Waals surface area contributed by atoms with Gasteiger partial charge in [0.25, 0.3) is 0 Å². The first kappa shape index (κ1) is 36.0. The molecule has 0 saturated carbocycles. The molecule has 2 saturated heterocycles. The molecular formula is C33H38F6N2O6. The van der Waals surface area contributed by atoms with Crippen molar-refractivity contribution >= 4 is 18.0 Å². The summed E-state index contributed by atoms with van der Waals surface area (Å²) in [7, 11) is 0. The number of rotatable bonds is 9. The molecule has 2 amide bonds. The number of likely N-dealkylation sites (tertiary alicyclic amines) is 1. The van der Waals surface area contributed by atoms with E-state index in [1.807, 2.05) is 13.8 Å². The summed E-state index contributed by atoms with van der Waals surface area (Å²) in [5.41, 5.74) is -4.86. The number of benzene rings is 2. The predicted octanol–water partition coefficient (Wildman–Crippen LogP) is 7.37. The first-order valence-corrected chi connectivity index (χ1v) is 15.3. The van der Waals surface area contributed by atoms with Gasteiger partial charge in [0.05, 0.1) is 40.8 Å². The molecule has 2 aliphatic rings. The molecule has 0 aliphatic carbocycles. The molecule has 4 atom stereocenters. The molecule has 1 spiro atoms. The highest BCUT2D eigenvalue weighted by Crippen LogP contribution is 2.45. The molecular weight excluding hydrogens is 634 g/mol. The standard InChI is InChI=1S/C33H38F6N2O6/c1-20(2)21(3)28(43)46-19-47-29(44)41-17-30(11-10-27(42)40-30)12-13-31(41,24-8-6-5-7-9-24)18-45-22(4)23-14-25(32(34,35)36)16-26(15-23)33(37,38)39/h5-9,14-16,20-22H,10-13,17-19H2,1-4H3,(H,40,42)/t21-,22+,30+,31+/m0/s1. The third kappa shape index (κ3) is 8.20. The number of halogens is 6. The van der Waals surface area contributed by atoms with Gasteiger partial charge >= 0.3 is 24.4 Å².